The summed E-state index contributed by atoms with van der Waals surface area (Å²) in [5.41, 5.74) is 0.757. The largest absolute Gasteiger partial charge is 0.345 e. The van der Waals surface area contributed by atoms with E-state index in [0.717, 1.165) is 12.1 Å². The summed E-state index contributed by atoms with van der Waals surface area (Å²) in [6, 6.07) is 10.7. The highest BCUT2D eigenvalue weighted by molar-refractivity contribution is 5.96. The van der Waals surface area contributed by atoms with Gasteiger partial charge >= 0.3 is 0 Å². The lowest BCUT2D eigenvalue weighted by atomic mass is 10.0. The molecule has 3 amide bonds. The maximum atomic E-state index is 13.3. The Hall–Kier alpha value is -3.29. The molecule has 0 fully saturated rings. The minimum absolute atomic E-state index is 0.158. The average Bonchev–Trinajstić information content (AvgIpc) is 2.64. The van der Waals surface area contributed by atoms with Crippen LogP contribution in [0, 0.1) is 17.6 Å². The molecule has 0 spiro atoms. The van der Waals surface area contributed by atoms with Gasteiger partial charge in [0.2, 0.25) is 17.7 Å². The number of para-hydroxylation sites is 1. The zero-order chi connectivity index (χ0) is 21.4. The van der Waals surface area contributed by atoms with Crippen LogP contribution < -0.4 is 16.0 Å². The van der Waals surface area contributed by atoms with Crippen molar-refractivity contribution in [2.24, 2.45) is 5.92 Å². The Kier molecular flexibility index (Phi) is 7.82. The Labute approximate surface area is 167 Å². The molecule has 0 aliphatic heterocycles. The molecule has 0 aliphatic rings. The average molecular weight is 403 g/mol. The number of nitrogens with one attached hydrogen (secondary N) is 3. The van der Waals surface area contributed by atoms with Gasteiger partial charge in [-0.25, -0.2) is 8.78 Å². The number of hydrogen-bond donors (Lipinski definition) is 3. The summed E-state index contributed by atoms with van der Waals surface area (Å²) in [6.07, 6.45) is -0.278. The van der Waals surface area contributed by atoms with Crippen molar-refractivity contribution >= 4 is 23.4 Å². The molecule has 0 aromatic heterocycles. The van der Waals surface area contributed by atoms with Crippen LogP contribution in [0.3, 0.4) is 0 Å². The lowest BCUT2D eigenvalue weighted by Crippen LogP contribution is -2.51. The van der Waals surface area contributed by atoms with Crippen molar-refractivity contribution in [3.63, 3.8) is 0 Å². The van der Waals surface area contributed by atoms with Crippen molar-refractivity contribution in [2.75, 3.05) is 11.9 Å². The summed E-state index contributed by atoms with van der Waals surface area (Å²) in [6.45, 7) is 3.20. The molecule has 0 saturated heterocycles. The third-order valence-corrected chi connectivity index (χ3v) is 4.03. The van der Waals surface area contributed by atoms with E-state index in [4.69, 9.17) is 0 Å². The van der Waals surface area contributed by atoms with Gasteiger partial charge in [-0.05, 0) is 35.7 Å². The van der Waals surface area contributed by atoms with Crippen molar-refractivity contribution in [2.45, 2.75) is 26.3 Å². The van der Waals surface area contributed by atoms with E-state index < -0.39 is 35.4 Å². The summed E-state index contributed by atoms with van der Waals surface area (Å²) < 4.78 is 26.5. The Morgan fingerprint density at radius 1 is 0.931 bits per heavy atom. The molecule has 2 rings (SSSR count). The number of hydrogen-bond acceptors (Lipinski definition) is 3. The monoisotopic (exact) mass is 403 g/mol. The predicted octanol–water partition coefficient (Wildman–Crippen LogP) is 2.40. The molecule has 3 N–H and O–H groups in total. The SMILES string of the molecule is CC(C)C(NC(=O)Cc1cc(F)cc(F)c1)C(=O)NCC(=O)Nc1ccccc1. The molecule has 2 aromatic rings. The van der Waals surface area contributed by atoms with Crippen LogP contribution in [-0.4, -0.2) is 30.3 Å². The first kappa shape index (κ1) is 22.0. The molecule has 6 nitrogen and oxygen atoms in total. The highest BCUT2D eigenvalue weighted by Gasteiger charge is 2.24. The number of rotatable bonds is 8. The van der Waals surface area contributed by atoms with Gasteiger partial charge in [0.05, 0.1) is 13.0 Å². The van der Waals surface area contributed by atoms with E-state index in [1.54, 1.807) is 38.1 Å². The Balaban J connectivity index is 1.89. The molecule has 154 valence electrons. The van der Waals surface area contributed by atoms with Crippen LogP contribution in [0.4, 0.5) is 14.5 Å². The molecule has 1 atom stereocenters. The van der Waals surface area contributed by atoms with Crippen LogP contribution in [0.1, 0.15) is 19.4 Å². The van der Waals surface area contributed by atoms with Gasteiger partial charge in [-0.3, -0.25) is 14.4 Å². The highest BCUT2D eigenvalue weighted by Crippen LogP contribution is 2.10. The van der Waals surface area contributed by atoms with Crippen LogP contribution in [-0.2, 0) is 20.8 Å². The molecule has 0 heterocycles. The first-order valence-electron chi connectivity index (χ1n) is 9.11. The fourth-order valence-electron chi connectivity index (χ4n) is 2.66. The summed E-state index contributed by atoms with van der Waals surface area (Å²) in [7, 11) is 0. The van der Waals surface area contributed by atoms with Crippen LogP contribution in [0.25, 0.3) is 0 Å². The van der Waals surface area contributed by atoms with Crippen molar-refractivity contribution in [3.05, 3.63) is 65.7 Å². The van der Waals surface area contributed by atoms with Crippen LogP contribution in [0.5, 0.6) is 0 Å². The zero-order valence-electron chi connectivity index (χ0n) is 16.2. The quantitative estimate of drug-likeness (QED) is 0.633. The molecule has 0 aliphatic carbocycles. The van der Waals surface area contributed by atoms with Crippen LogP contribution in [0.15, 0.2) is 48.5 Å². The molecule has 0 radical (unpaired) electrons. The third kappa shape index (κ3) is 7.33. The second-order valence-corrected chi connectivity index (χ2v) is 6.88. The van der Waals surface area contributed by atoms with Gasteiger partial charge in [-0.2, -0.15) is 0 Å². The van der Waals surface area contributed by atoms with Crippen molar-refractivity contribution in [3.8, 4) is 0 Å². The number of carbonyl (C=O) groups excluding carboxylic acids is 3. The molecular formula is C21H23F2N3O3. The minimum Gasteiger partial charge on any atom is -0.345 e. The van der Waals surface area contributed by atoms with E-state index in [1.165, 1.54) is 0 Å². The predicted molar refractivity (Wildman–Crippen MR) is 105 cm³/mol. The summed E-state index contributed by atoms with van der Waals surface area (Å²) >= 11 is 0. The zero-order valence-corrected chi connectivity index (χ0v) is 16.2. The van der Waals surface area contributed by atoms with Gasteiger partial charge < -0.3 is 16.0 Å². The topological polar surface area (TPSA) is 87.3 Å². The molecule has 1 unspecified atom stereocenters. The molecule has 0 saturated carbocycles. The molecule has 8 heteroatoms. The van der Waals surface area contributed by atoms with E-state index in [1.807, 2.05) is 6.07 Å². The van der Waals surface area contributed by atoms with Crippen molar-refractivity contribution < 1.29 is 23.2 Å². The van der Waals surface area contributed by atoms with Gasteiger partial charge in [0.1, 0.15) is 17.7 Å². The fraction of sp³-hybridized carbons (Fsp3) is 0.286. The number of amides is 3. The maximum Gasteiger partial charge on any atom is 0.243 e. The Morgan fingerprint density at radius 2 is 1.55 bits per heavy atom. The first-order chi connectivity index (χ1) is 13.7. The molecule has 0 bridgehead atoms. The number of anilines is 1. The van der Waals surface area contributed by atoms with Gasteiger partial charge in [0.25, 0.3) is 0 Å². The van der Waals surface area contributed by atoms with E-state index in [0.29, 0.717) is 11.8 Å². The van der Waals surface area contributed by atoms with Gasteiger partial charge in [-0.1, -0.05) is 32.0 Å². The van der Waals surface area contributed by atoms with Crippen molar-refractivity contribution in [1.82, 2.24) is 10.6 Å². The van der Waals surface area contributed by atoms with Gasteiger partial charge in [0, 0.05) is 11.8 Å². The van der Waals surface area contributed by atoms with Crippen LogP contribution in [0.2, 0.25) is 0 Å². The number of halogens is 2. The summed E-state index contributed by atoms with van der Waals surface area (Å²) in [4.78, 5) is 36.6. The molecule has 29 heavy (non-hydrogen) atoms. The lowest BCUT2D eigenvalue weighted by molar-refractivity contribution is -0.130. The van der Waals surface area contributed by atoms with E-state index in [9.17, 15) is 23.2 Å². The van der Waals surface area contributed by atoms with E-state index in [2.05, 4.69) is 16.0 Å². The van der Waals surface area contributed by atoms with Crippen molar-refractivity contribution in [1.29, 1.82) is 0 Å². The second kappa shape index (κ2) is 10.3. The van der Waals surface area contributed by atoms with Gasteiger partial charge in [0.15, 0.2) is 0 Å². The van der Waals surface area contributed by atoms with Crippen LogP contribution >= 0.6 is 0 Å². The minimum atomic E-state index is -0.898. The molecule has 2 aromatic carbocycles. The Bertz CT molecular complexity index is 852. The number of carbonyl (C=O) groups is 3. The third-order valence-electron chi connectivity index (χ3n) is 4.03. The standard InChI is InChI=1S/C21H23F2N3O3/c1-13(2)20(26-18(27)10-14-8-15(22)11-16(23)9-14)21(29)24-12-19(28)25-17-6-4-3-5-7-17/h3-9,11,13,20H,10,12H2,1-2H3,(H,24,29)(H,25,28)(H,26,27). The fourth-order valence-corrected chi connectivity index (χ4v) is 2.66. The normalized spacial score (nSPS) is 11.6. The second-order valence-electron chi connectivity index (χ2n) is 6.88. The first-order valence-corrected chi connectivity index (χ1v) is 9.11. The summed E-state index contributed by atoms with van der Waals surface area (Å²) in [5.74, 6) is -3.32. The highest BCUT2D eigenvalue weighted by atomic mass is 19.1. The smallest absolute Gasteiger partial charge is 0.243 e. The summed E-state index contributed by atoms with van der Waals surface area (Å²) in [5, 5.41) is 7.67. The van der Waals surface area contributed by atoms with E-state index in [-0.39, 0.29) is 24.4 Å². The molecular weight excluding hydrogens is 380 g/mol. The maximum absolute atomic E-state index is 13.3. The Morgan fingerprint density at radius 3 is 2.14 bits per heavy atom. The lowest BCUT2D eigenvalue weighted by Gasteiger charge is -2.21. The number of benzene rings is 2. The van der Waals surface area contributed by atoms with E-state index >= 15 is 0 Å². The van der Waals surface area contributed by atoms with Gasteiger partial charge in [-0.15, -0.1) is 0 Å².